The number of ether oxygens (including phenoxy) is 5. The van der Waals surface area contributed by atoms with Crippen LogP contribution >= 0.6 is 0 Å². The van der Waals surface area contributed by atoms with E-state index in [0.717, 1.165) is 0 Å². The van der Waals surface area contributed by atoms with E-state index in [1.807, 2.05) is 0 Å². The van der Waals surface area contributed by atoms with Gasteiger partial charge in [0, 0.05) is 12.1 Å². The van der Waals surface area contributed by atoms with E-state index in [-0.39, 0.29) is 39.4 Å². The van der Waals surface area contributed by atoms with Gasteiger partial charge < -0.3 is 63.8 Å². The number of hydrogen-bond acceptors (Lipinski definition) is 14. The average molecular weight is 567 g/mol. The Kier molecular flexibility index (Phi) is 7.64. The molecule has 2 fully saturated rings. The lowest BCUT2D eigenvalue weighted by Crippen LogP contribution is -2.60. The smallest absolute Gasteiger partial charge is 0.229 e. The van der Waals surface area contributed by atoms with Crippen molar-refractivity contribution in [2.24, 2.45) is 0 Å². The van der Waals surface area contributed by atoms with Crippen LogP contribution < -0.4 is 14.9 Å². The van der Waals surface area contributed by atoms with E-state index in [1.165, 1.54) is 25.3 Å². The molecule has 2 aliphatic rings. The first kappa shape index (κ1) is 28.5. The van der Waals surface area contributed by atoms with Crippen LogP contribution in [0.2, 0.25) is 0 Å². The molecule has 1 aromatic heterocycles. The molecule has 2 saturated heterocycles. The average Bonchev–Trinajstić information content (AvgIpc) is 3.21. The van der Waals surface area contributed by atoms with Crippen LogP contribution in [0.25, 0.3) is 21.7 Å². The fourth-order valence-corrected chi connectivity index (χ4v) is 4.83. The molecule has 0 radical (unpaired) electrons. The molecule has 3 heterocycles. The molecule has 7 N–H and O–H groups in total. The molecule has 14 nitrogen and oxygen atoms in total. The van der Waals surface area contributed by atoms with Gasteiger partial charge in [0.05, 0.1) is 32.3 Å². The van der Waals surface area contributed by atoms with Gasteiger partial charge in [-0.25, -0.2) is 0 Å². The van der Waals surface area contributed by atoms with Gasteiger partial charge in [-0.3, -0.25) is 4.79 Å². The van der Waals surface area contributed by atoms with Gasteiger partial charge in [0.15, 0.2) is 17.3 Å². The lowest BCUT2D eigenvalue weighted by atomic mass is 9.99. The van der Waals surface area contributed by atoms with Gasteiger partial charge in [-0.15, -0.1) is 0 Å². The lowest BCUT2D eigenvalue weighted by Gasteiger charge is -2.40. The van der Waals surface area contributed by atoms with E-state index < -0.39 is 74.0 Å². The summed E-state index contributed by atoms with van der Waals surface area (Å²) in [5.74, 6) is 0.221. The van der Waals surface area contributed by atoms with E-state index in [9.17, 15) is 40.5 Å². The summed E-state index contributed by atoms with van der Waals surface area (Å²) in [7, 11) is 1.40. The number of methoxy groups -OCH3 is 1. The summed E-state index contributed by atoms with van der Waals surface area (Å²) in [5.41, 5.74) is -2.42. The van der Waals surface area contributed by atoms with Crippen LogP contribution in [0.3, 0.4) is 0 Å². The molecule has 218 valence electrons. The quantitative estimate of drug-likeness (QED) is 0.164. The molecule has 2 aliphatic heterocycles. The number of aromatic hydroxyl groups is 1. The van der Waals surface area contributed by atoms with Crippen LogP contribution in [0.15, 0.2) is 33.5 Å². The molecule has 3 aromatic rings. The monoisotopic (exact) mass is 566 g/mol. The highest BCUT2D eigenvalue weighted by molar-refractivity contribution is 6.10. The molecular formula is C26H30O14. The van der Waals surface area contributed by atoms with Crippen LogP contribution in [0.4, 0.5) is 0 Å². The number of fused-ring (bicyclic) bond motifs is 3. The number of phenolic OH excluding ortho intramolecular Hbond substituents is 1. The van der Waals surface area contributed by atoms with E-state index in [4.69, 9.17) is 28.1 Å². The Morgan fingerprint density at radius 2 is 1.77 bits per heavy atom. The van der Waals surface area contributed by atoms with Crippen molar-refractivity contribution in [3.63, 3.8) is 0 Å². The zero-order valence-electron chi connectivity index (χ0n) is 21.5. The van der Waals surface area contributed by atoms with Gasteiger partial charge in [-0.2, -0.15) is 0 Å². The first-order valence-corrected chi connectivity index (χ1v) is 12.4. The summed E-state index contributed by atoms with van der Waals surface area (Å²) in [6.07, 6.45) is -11.0. The van der Waals surface area contributed by atoms with Gasteiger partial charge in [0.1, 0.15) is 64.5 Å². The molecule has 2 aromatic carbocycles. The Bertz CT molecular complexity index is 1460. The number of aliphatic hydroxyl groups excluding tert-OH is 5. The normalized spacial score (nSPS) is 32.5. The summed E-state index contributed by atoms with van der Waals surface area (Å²) in [6.45, 7) is -0.0994. The van der Waals surface area contributed by atoms with Gasteiger partial charge in [0.25, 0.3) is 0 Å². The maximum atomic E-state index is 12.6. The molecule has 5 rings (SSSR count). The Labute approximate surface area is 226 Å². The minimum atomic E-state index is -1.93. The summed E-state index contributed by atoms with van der Waals surface area (Å²) in [4.78, 5) is 12.6. The molecule has 0 spiro atoms. The maximum absolute atomic E-state index is 12.6. The molecule has 14 heteroatoms. The van der Waals surface area contributed by atoms with E-state index in [2.05, 4.69) is 0 Å². The van der Waals surface area contributed by atoms with Crippen LogP contribution in [0.5, 0.6) is 17.2 Å². The second-order valence-corrected chi connectivity index (χ2v) is 9.90. The topological polar surface area (TPSA) is 218 Å². The van der Waals surface area contributed by atoms with Crippen molar-refractivity contribution >= 4 is 21.7 Å². The van der Waals surface area contributed by atoms with Crippen LogP contribution in [-0.4, -0.2) is 111 Å². The third-order valence-corrected chi connectivity index (χ3v) is 7.10. The minimum Gasteiger partial charge on any atom is -0.507 e. The Hall–Kier alpha value is -3.05. The number of benzene rings is 2. The molecular weight excluding hydrogens is 536 g/mol. The number of aliphatic hydroxyl groups is 6. The standard InChI is InChI=1S/C26H30O14/c1-10-3-13(28)18-14(29)5-11-4-12(35-2)6-15(17(11)22(18)38-10)39-24-21(32)20(31)19(30)16(40-24)7-36-25-23(33)26(34,8-27)9-37-25/h3-6,16,19-21,23-25,27,29-34H,7-9H2,1-2H3/t16-,19-,20+,21-,23+,24-,25-,26-/m1/s1. The molecule has 40 heavy (non-hydrogen) atoms. The van der Waals surface area contributed by atoms with E-state index in [0.29, 0.717) is 5.39 Å². The van der Waals surface area contributed by atoms with Crippen molar-refractivity contribution < 1.29 is 63.8 Å². The molecule has 0 unspecified atom stereocenters. The van der Waals surface area contributed by atoms with Crippen LogP contribution in [0.1, 0.15) is 5.76 Å². The van der Waals surface area contributed by atoms with Crippen LogP contribution in [-0.2, 0) is 14.2 Å². The molecule has 0 saturated carbocycles. The maximum Gasteiger partial charge on any atom is 0.229 e. The van der Waals surface area contributed by atoms with Crippen molar-refractivity contribution in [1.82, 2.24) is 0 Å². The summed E-state index contributed by atoms with van der Waals surface area (Å²) in [5, 5.41) is 72.4. The van der Waals surface area contributed by atoms with E-state index in [1.54, 1.807) is 13.0 Å². The third kappa shape index (κ3) is 4.87. The third-order valence-electron chi connectivity index (χ3n) is 7.10. The Morgan fingerprint density at radius 1 is 1.02 bits per heavy atom. The van der Waals surface area contributed by atoms with Gasteiger partial charge in [-0.1, -0.05) is 0 Å². The van der Waals surface area contributed by atoms with Crippen LogP contribution in [0, 0.1) is 6.92 Å². The molecule has 0 bridgehead atoms. The highest BCUT2D eigenvalue weighted by Gasteiger charge is 2.50. The van der Waals surface area contributed by atoms with Crippen molar-refractivity contribution in [3.05, 3.63) is 40.2 Å². The fourth-order valence-electron chi connectivity index (χ4n) is 4.83. The summed E-state index contributed by atoms with van der Waals surface area (Å²) < 4.78 is 33.4. The van der Waals surface area contributed by atoms with Crippen molar-refractivity contribution in [3.8, 4) is 17.2 Å². The number of phenols is 1. The van der Waals surface area contributed by atoms with Crippen molar-refractivity contribution in [2.75, 3.05) is 26.9 Å². The Balaban J connectivity index is 1.47. The number of hydrogen-bond donors (Lipinski definition) is 7. The number of aryl methyl sites for hydroxylation is 1. The SMILES string of the molecule is COc1cc(O[C@@H]2O[C@H](CO[C@@H]3OC[C@](O)(CO)[C@H]3O)[C@@H](O)[C@H](O)[C@H]2O)c2c(c1)cc(O)c1c(=O)cc(C)oc12. The predicted molar refractivity (Wildman–Crippen MR) is 134 cm³/mol. The lowest BCUT2D eigenvalue weighted by molar-refractivity contribution is -0.289. The summed E-state index contributed by atoms with van der Waals surface area (Å²) in [6, 6.07) is 5.55. The number of rotatable bonds is 7. The first-order chi connectivity index (χ1) is 19.0. The minimum absolute atomic E-state index is 0.00275. The first-order valence-electron chi connectivity index (χ1n) is 12.4. The van der Waals surface area contributed by atoms with Gasteiger partial charge in [0.2, 0.25) is 6.29 Å². The predicted octanol–water partition coefficient (Wildman–Crippen LogP) is -1.39. The van der Waals surface area contributed by atoms with Gasteiger partial charge in [-0.05, 0) is 24.4 Å². The second kappa shape index (κ2) is 10.7. The largest absolute Gasteiger partial charge is 0.507 e. The highest BCUT2D eigenvalue weighted by Crippen LogP contribution is 2.41. The van der Waals surface area contributed by atoms with E-state index >= 15 is 0 Å². The highest BCUT2D eigenvalue weighted by atomic mass is 16.7. The zero-order chi connectivity index (χ0) is 28.9. The molecule has 0 aliphatic carbocycles. The zero-order valence-corrected chi connectivity index (χ0v) is 21.5. The fraction of sp³-hybridized carbons (Fsp3) is 0.500. The van der Waals surface area contributed by atoms with Crippen molar-refractivity contribution in [1.29, 1.82) is 0 Å². The van der Waals surface area contributed by atoms with Gasteiger partial charge >= 0.3 is 0 Å². The Morgan fingerprint density at radius 3 is 2.45 bits per heavy atom. The molecule has 0 amide bonds. The summed E-state index contributed by atoms with van der Waals surface area (Å²) >= 11 is 0. The molecule has 8 atom stereocenters. The van der Waals surface area contributed by atoms with Crippen molar-refractivity contribution in [2.45, 2.75) is 55.6 Å². The second-order valence-electron chi connectivity index (χ2n) is 9.90.